The van der Waals surface area contributed by atoms with E-state index in [1.54, 1.807) is 0 Å². The van der Waals surface area contributed by atoms with Crippen LogP contribution in [0.5, 0.6) is 0 Å². The predicted molar refractivity (Wildman–Crippen MR) is 85.6 cm³/mol. The van der Waals surface area contributed by atoms with Gasteiger partial charge >= 0.3 is 0 Å². The summed E-state index contributed by atoms with van der Waals surface area (Å²) in [5.74, 6) is 2.05. The molecule has 1 rings (SSSR count). The molecule has 0 radical (unpaired) electrons. The molecule has 0 bridgehead atoms. The van der Waals surface area contributed by atoms with Gasteiger partial charge in [0.15, 0.2) is 0 Å². The van der Waals surface area contributed by atoms with E-state index in [2.05, 4.69) is 38.3 Å². The number of piperidine rings is 1. The second-order valence-electron chi connectivity index (χ2n) is 6.29. The molecule has 0 unspecified atom stereocenters. The van der Waals surface area contributed by atoms with Crippen LogP contribution in [-0.2, 0) is 0 Å². The third kappa shape index (κ3) is 4.77. The molecule has 1 aliphatic rings. The number of thiol groups is 1. The van der Waals surface area contributed by atoms with Crippen molar-refractivity contribution in [1.82, 2.24) is 4.90 Å². The van der Waals surface area contributed by atoms with Gasteiger partial charge in [-0.25, -0.2) is 0 Å². The zero-order valence-electron chi connectivity index (χ0n) is 12.7. The summed E-state index contributed by atoms with van der Waals surface area (Å²) < 4.78 is 0. The molecule has 18 heavy (non-hydrogen) atoms. The average Bonchev–Trinajstić information content (AvgIpc) is 2.40. The number of likely N-dealkylation sites (tertiary alicyclic amines) is 1. The van der Waals surface area contributed by atoms with E-state index in [1.807, 2.05) is 0 Å². The first-order chi connectivity index (χ1) is 8.69. The highest BCUT2D eigenvalue weighted by Crippen LogP contribution is 2.34. The van der Waals surface area contributed by atoms with Crippen molar-refractivity contribution in [3.05, 3.63) is 0 Å². The van der Waals surface area contributed by atoms with E-state index in [-0.39, 0.29) is 0 Å². The number of hydrogen-bond acceptors (Lipinski definition) is 2. The van der Waals surface area contributed by atoms with Gasteiger partial charge in [-0.15, -0.1) is 0 Å². The SMILES string of the molecule is CCCC(CS)(CCC)CN1CCC(CC)CC1. The molecule has 0 aromatic heterocycles. The summed E-state index contributed by atoms with van der Waals surface area (Å²) in [6.07, 6.45) is 9.48. The molecule has 0 amide bonds. The molecular weight excluding hydrogens is 238 g/mol. The fourth-order valence-electron chi connectivity index (χ4n) is 3.58. The standard InChI is InChI=1S/C16H33NS/c1-4-9-16(14-18,10-5-2)13-17-11-7-15(6-3)8-12-17/h15,18H,4-14H2,1-3H3. The summed E-state index contributed by atoms with van der Waals surface area (Å²) >= 11 is 4.68. The van der Waals surface area contributed by atoms with Crippen LogP contribution in [0.4, 0.5) is 0 Å². The van der Waals surface area contributed by atoms with Crippen molar-refractivity contribution in [2.75, 3.05) is 25.4 Å². The minimum Gasteiger partial charge on any atom is -0.303 e. The maximum Gasteiger partial charge on any atom is 0.00458 e. The van der Waals surface area contributed by atoms with Crippen molar-refractivity contribution in [1.29, 1.82) is 0 Å². The zero-order valence-corrected chi connectivity index (χ0v) is 13.6. The quantitative estimate of drug-likeness (QED) is 0.630. The Hall–Kier alpha value is 0.310. The molecule has 0 aliphatic carbocycles. The smallest absolute Gasteiger partial charge is 0.00458 e. The Bertz CT molecular complexity index is 203. The van der Waals surface area contributed by atoms with Crippen molar-refractivity contribution in [3.8, 4) is 0 Å². The third-order valence-electron chi connectivity index (χ3n) is 4.74. The summed E-state index contributed by atoms with van der Waals surface area (Å²) in [6.45, 7) is 10.9. The molecule has 0 aromatic rings. The first-order valence-electron chi connectivity index (χ1n) is 8.03. The molecule has 0 aromatic carbocycles. The van der Waals surface area contributed by atoms with Crippen LogP contribution in [0.15, 0.2) is 0 Å². The van der Waals surface area contributed by atoms with Crippen molar-refractivity contribution < 1.29 is 0 Å². The summed E-state index contributed by atoms with van der Waals surface area (Å²) in [4.78, 5) is 2.72. The fraction of sp³-hybridized carbons (Fsp3) is 1.00. The molecule has 0 saturated carbocycles. The lowest BCUT2D eigenvalue weighted by atomic mass is 9.79. The molecule has 0 atom stereocenters. The van der Waals surface area contributed by atoms with Gasteiger partial charge in [0, 0.05) is 6.54 Å². The van der Waals surface area contributed by atoms with Crippen molar-refractivity contribution >= 4 is 12.6 Å². The van der Waals surface area contributed by atoms with E-state index in [0.29, 0.717) is 5.41 Å². The Kier molecular flexibility index (Phi) is 7.70. The van der Waals surface area contributed by atoms with Crippen LogP contribution < -0.4 is 0 Å². The third-order valence-corrected chi connectivity index (χ3v) is 5.41. The Morgan fingerprint density at radius 3 is 2.00 bits per heavy atom. The first kappa shape index (κ1) is 16.4. The fourth-order valence-corrected chi connectivity index (χ4v) is 4.00. The molecule has 108 valence electrons. The molecule has 1 saturated heterocycles. The van der Waals surface area contributed by atoms with Crippen molar-refractivity contribution in [3.63, 3.8) is 0 Å². The van der Waals surface area contributed by atoms with E-state index in [0.717, 1.165) is 11.7 Å². The Labute approximate surface area is 120 Å². The summed E-state index contributed by atoms with van der Waals surface area (Å²) in [6, 6.07) is 0. The van der Waals surface area contributed by atoms with E-state index >= 15 is 0 Å². The Morgan fingerprint density at radius 2 is 1.61 bits per heavy atom. The number of nitrogens with zero attached hydrogens (tertiary/aromatic N) is 1. The summed E-state index contributed by atoms with van der Waals surface area (Å²) in [7, 11) is 0. The van der Waals surface area contributed by atoms with Crippen LogP contribution in [0.3, 0.4) is 0 Å². The molecule has 1 heterocycles. The van der Waals surface area contributed by atoms with E-state index in [4.69, 9.17) is 0 Å². The van der Waals surface area contributed by atoms with Gasteiger partial charge in [0.05, 0.1) is 0 Å². The van der Waals surface area contributed by atoms with Gasteiger partial charge in [-0.3, -0.25) is 0 Å². The number of rotatable bonds is 8. The van der Waals surface area contributed by atoms with Crippen LogP contribution >= 0.6 is 12.6 Å². The lowest BCUT2D eigenvalue weighted by Crippen LogP contribution is -2.43. The minimum atomic E-state index is 0.478. The predicted octanol–water partition coefficient (Wildman–Crippen LogP) is 4.62. The highest BCUT2D eigenvalue weighted by atomic mass is 32.1. The minimum absolute atomic E-state index is 0.478. The lowest BCUT2D eigenvalue weighted by molar-refractivity contribution is 0.108. The van der Waals surface area contributed by atoms with Crippen LogP contribution in [0.2, 0.25) is 0 Å². The average molecular weight is 272 g/mol. The maximum atomic E-state index is 4.68. The molecule has 0 N–H and O–H groups in total. The van der Waals surface area contributed by atoms with Gasteiger partial charge in [-0.2, -0.15) is 12.6 Å². The van der Waals surface area contributed by atoms with Gasteiger partial charge < -0.3 is 4.90 Å². The Balaban J connectivity index is 2.50. The lowest BCUT2D eigenvalue weighted by Gasteiger charge is -2.40. The zero-order chi connectivity index (χ0) is 13.4. The van der Waals surface area contributed by atoms with Crippen LogP contribution in [0.25, 0.3) is 0 Å². The van der Waals surface area contributed by atoms with Crippen LogP contribution in [0.1, 0.15) is 65.7 Å². The molecule has 2 heteroatoms. The van der Waals surface area contributed by atoms with Crippen molar-refractivity contribution in [2.24, 2.45) is 11.3 Å². The molecule has 1 aliphatic heterocycles. The van der Waals surface area contributed by atoms with Crippen LogP contribution in [-0.4, -0.2) is 30.3 Å². The molecular formula is C16H33NS. The van der Waals surface area contributed by atoms with E-state index in [1.165, 1.54) is 64.6 Å². The first-order valence-corrected chi connectivity index (χ1v) is 8.66. The summed E-state index contributed by atoms with van der Waals surface area (Å²) in [5.41, 5.74) is 0.478. The summed E-state index contributed by atoms with van der Waals surface area (Å²) in [5, 5.41) is 0. The molecule has 1 nitrogen and oxygen atoms in total. The normalized spacial score (nSPS) is 19.3. The van der Waals surface area contributed by atoms with Crippen LogP contribution in [0, 0.1) is 11.3 Å². The topological polar surface area (TPSA) is 3.24 Å². The van der Waals surface area contributed by atoms with Gasteiger partial charge in [-0.05, 0) is 55.9 Å². The van der Waals surface area contributed by atoms with Gasteiger partial charge in [0.2, 0.25) is 0 Å². The second-order valence-corrected chi connectivity index (χ2v) is 6.60. The largest absolute Gasteiger partial charge is 0.303 e. The maximum absolute atomic E-state index is 4.68. The van der Waals surface area contributed by atoms with Crippen molar-refractivity contribution in [2.45, 2.75) is 65.7 Å². The van der Waals surface area contributed by atoms with E-state index < -0.39 is 0 Å². The highest BCUT2D eigenvalue weighted by Gasteiger charge is 2.30. The second kappa shape index (κ2) is 8.47. The molecule has 0 spiro atoms. The molecule has 1 fully saturated rings. The monoisotopic (exact) mass is 271 g/mol. The van der Waals surface area contributed by atoms with Gasteiger partial charge in [0.1, 0.15) is 0 Å². The van der Waals surface area contributed by atoms with Gasteiger partial charge in [0.25, 0.3) is 0 Å². The van der Waals surface area contributed by atoms with Gasteiger partial charge in [-0.1, -0.05) is 40.0 Å². The highest BCUT2D eigenvalue weighted by molar-refractivity contribution is 7.80. The Morgan fingerprint density at radius 1 is 1.06 bits per heavy atom. The van der Waals surface area contributed by atoms with E-state index in [9.17, 15) is 0 Å². The number of hydrogen-bond donors (Lipinski definition) is 1.